The predicted molar refractivity (Wildman–Crippen MR) is 110 cm³/mol. The Bertz CT molecular complexity index is 1110. The Morgan fingerprint density at radius 2 is 2.17 bits per heavy atom. The van der Waals surface area contributed by atoms with Crippen molar-refractivity contribution in [3.05, 3.63) is 58.9 Å². The molecule has 4 aliphatic heterocycles. The second-order valence-electron chi connectivity index (χ2n) is 8.98. The smallest absolute Gasteiger partial charge is 0.234 e. The third-order valence-corrected chi connectivity index (χ3v) is 7.30. The molecule has 2 fully saturated rings. The van der Waals surface area contributed by atoms with E-state index in [1.807, 2.05) is 42.2 Å². The van der Waals surface area contributed by atoms with Crippen LogP contribution in [0.3, 0.4) is 0 Å². The zero-order valence-electron chi connectivity index (χ0n) is 17.1. The molecular formula is C23H24N4O3. The molecule has 4 atom stereocenters. The molecule has 4 aliphatic rings. The highest BCUT2D eigenvalue weighted by Crippen LogP contribution is 2.53. The largest absolute Gasteiger partial charge is 0.360 e. The van der Waals surface area contributed by atoms with Crippen LogP contribution in [0.2, 0.25) is 0 Å². The monoisotopic (exact) mass is 404 g/mol. The molecule has 5 heterocycles. The van der Waals surface area contributed by atoms with E-state index in [0.717, 1.165) is 28.9 Å². The topological polar surface area (TPSA) is 78.5 Å². The van der Waals surface area contributed by atoms with E-state index in [1.54, 1.807) is 11.1 Å². The second-order valence-corrected chi connectivity index (χ2v) is 8.98. The number of fused-ring (bicyclic) bond motifs is 2. The number of benzene rings is 1. The fraction of sp³-hybridized carbons (Fsp3) is 0.435. The van der Waals surface area contributed by atoms with E-state index in [9.17, 15) is 9.59 Å². The normalized spacial score (nSPS) is 31.4. The van der Waals surface area contributed by atoms with Crippen molar-refractivity contribution in [3.63, 3.8) is 0 Å². The van der Waals surface area contributed by atoms with Crippen molar-refractivity contribution in [1.29, 1.82) is 0 Å². The molecule has 6 rings (SSSR count). The number of nitrogens with zero attached hydrogens (tertiary/aromatic N) is 3. The van der Waals surface area contributed by atoms with Crippen molar-refractivity contribution < 1.29 is 14.3 Å². The van der Waals surface area contributed by atoms with Gasteiger partial charge in [0.25, 0.3) is 0 Å². The number of hydrogen-bond acceptors (Lipinski definition) is 4. The average Bonchev–Trinajstić information content (AvgIpc) is 3.49. The van der Waals surface area contributed by atoms with Gasteiger partial charge in [-0.2, -0.15) is 5.10 Å². The van der Waals surface area contributed by atoms with Gasteiger partial charge in [0, 0.05) is 36.5 Å². The molecule has 1 N–H and O–H groups in total. The number of anilines is 1. The highest BCUT2D eigenvalue weighted by molar-refractivity contribution is 6.03. The molecule has 30 heavy (non-hydrogen) atoms. The summed E-state index contributed by atoms with van der Waals surface area (Å²) in [4.78, 5) is 30.8. The van der Waals surface area contributed by atoms with E-state index in [0.29, 0.717) is 19.6 Å². The Balaban J connectivity index is 1.31. The first-order chi connectivity index (χ1) is 14.5. The quantitative estimate of drug-likeness (QED) is 0.776. The highest BCUT2D eigenvalue weighted by Gasteiger charge is 2.67. The van der Waals surface area contributed by atoms with Crippen LogP contribution in [0, 0.1) is 25.7 Å². The van der Waals surface area contributed by atoms with Gasteiger partial charge in [0.15, 0.2) is 0 Å². The molecule has 2 unspecified atom stereocenters. The number of carbonyl (C=O) groups is 2. The van der Waals surface area contributed by atoms with Crippen LogP contribution < -0.4 is 4.90 Å². The lowest BCUT2D eigenvalue weighted by Gasteiger charge is -2.32. The van der Waals surface area contributed by atoms with Gasteiger partial charge in [0.2, 0.25) is 11.8 Å². The van der Waals surface area contributed by atoms with Crippen LogP contribution in [0.4, 0.5) is 5.69 Å². The molecule has 154 valence electrons. The van der Waals surface area contributed by atoms with Crippen molar-refractivity contribution in [2.45, 2.75) is 38.5 Å². The summed E-state index contributed by atoms with van der Waals surface area (Å²) in [6.07, 6.45) is 6.21. The van der Waals surface area contributed by atoms with Gasteiger partial charge in [-0.25, -0.2) is 0 Å². The zero-order valence-corrected chi connectivity index (χ0v) is 17.1. The van der Waals surface area contributed by atoms with Crippen molar-refractivity contribution >= 4 is 17.5 Å². The third kappa shape index (κ3) is 2.32. The van der Waals surface area contributed by atoms with E-state index in [-0.39, 0.29) is 17.9 Å². The van der Waals surface area contributed by atoms with Gasteiger partial charge in [-0.1, -0.05) is 18.2 Å². The van der Waals surface area contributed by atoms with E-state index >= 15 is 0 Å². The van der Waals surface area contributed by atoms with Crippen molar-refractivity contribution in [2.75, 3.05) is 18.0 Å². The molecule has 1 aromatic carbocycles. The van der Waals surface area contributed by atoms with Gasteiger partial charge >= 0.3 is 0 Å². The number of carbonyl (C=O) groups excluding carboxylic acids is 2. The number of hydrogen-bond donors (Lipinski definition) is 1. The molecular weight excluding hydrogens is 380 g/mol. The lowest BCUT2D eigenvalue weighted by atomic mass is 9.76. The van der Waals surface area contributed by atoms with E-state index in [4.69, 9.17) is 4.74 Å². The lowest BCUT2D eigenvalue weighted by Crippen LogP contribution is -2.47. The van der Waals surface area contributed by atoms with Crippen LogP contribution in [0.15, 0.2) is 36.5 Å². The predicted octanol–water partition coefficient (Wildman–Crippen LogP) is 1.90. The van der Waals surface area contributed by atoms with Gasteiger partial charge in [-0.05, 0) is 37.1 Å². The first kappa shape index (κ1) is 17.9. The number of aryl methyl sites for hydroxylation is 2. The maximum atomic E-state index is 13.6. The van der Waals surface area contributed by atoms with Gasteiger partial charge < -0.3 is 14.5 Å². The molecule has 7 nitrogen and oxygen atoms in total. The standard InChI is InChI=1S/C23H24N4O3/c1-13-3-4-16(9-14(13)2)27-12-23-7-5-18(30-23)19(20(23)22(27)29)21(28)26-8-6-17-15(11-26)10-24-25-17/h3-5,7,9-10,18-20H,6,8,11-12H2,1-2H3,(H,24,25)/t18-,19?,20?,23-/m1/s1. The minimum Gasteiger partial charge on any atom is -0.360 e. The van der Waals surface area contributed by atoms with Crippen LogP contribution in [0.25, 0.3) is 0 Å². The minimum absolute atomic E-state index is 0.00976. The summed E-state index contributed by atoms with van der Waals surface area (Å²) in [5.74, 6) is -0.928. The summed E-state index contributed by atoms with van der Waals surface area (Å²) >= 11 is 0. The number of H-pyrrole nitrogens is 1. The fourth-order valence-corrected chi connectivity index (χ4v) is 5.51. The first-order valence-electron chi connectivity index (χ1n) is 10.5. The Kier molecular flexibility index (Phi) is 3.60. The van der Waals surface area contributed by atoms with Crippen LogP contribution in [0.1, 0.15) is 22.4 Å². The molecule has 2 bridgehead atoms. The summed E-state index contributed by atoms with van der Waals surface area (Å²) in [6.45, 7) is 5.74. The van der Waals surface area contributed by atoms with Crippen LogP contribution in [0.5, 0.6) is 0 Å². The average molecular weight is 404 g/mol. The Morgan fingerprint density at radius 3 is 3.00 bits per heavy atom. The molecule has 0 saturated carbocycles. The third-order valence-electron chi connectivity index (χ3n) is 7.30. The molecule has 2 saturated heterocycles. The van der Waals surface area contributed by atoms with Gasteiger partial charge in [-0.15, -0.1) is 0 Å². The number of aromatic amines is 1. The van der Waals surface area contributed by atoms with Crippen LogP contribution in [-0.4, -0.2) is 51.7 Å². The maximum Gasteiger partial charge on any atom is 0.234 e. The minimum atomic E-state index is -0.697. The van der Waals surface area contributed by atoms with E-state index < -0.39 is 17.4 Å². The number of rotatable bonds is 2. The number of aromatic nitrogens is 2. The molecule has 0 radical (unpaired) electrons. The Labute approximate surface area is 174 Å². The zero-order chi connectivity index (χ0) is 20.6. The molecule has 1 aromatic heterocycles. The van der Waals surface area contributed by atoms with Gasteiger partial charge in [0.05, 0.1) is 30.7 Å². The summed E-state index contributed by atoms with van der Waals surface area (Å²) in [6, 6.07) is 6.07. The number of ether oxygens (including phenoxy) is 1. The van der Waals surface area contributed by atoms with Gasteiger partial charge in [0.1, 0.15) is 5.60 Å². The SMILES string of the molecule is Cc1ccc(N2C[C@@]34C=C[C@@H](O3)C(C(=O)N3CCc5[nH]ncc5C3)C4C2=O)cc1C. The molecule has 7 heteroatoms. The maximum absolute atomic E-state index is 13.6. The number of amides is 2. The molecule has 0 aliphatic carbocycles. The summed E-state index contributed by atoms with van der Waals surface area (Å²) < 4.78 is 6.30. The fourth-order valence-electron chi connectivity index (χ4n) is 5.51. The lowest BCUT2D eigenvalue weighted by molar-refractivity contribution is -0.141. The summed E-state index contributed by atoms with van der Waals surface area (Å²) in [5.41, 5.74) is 4.66. The molecule has 2 aromatic rings. The highest BCUT2D eigenvalue weighted by atomic mass is 16.5. The van der Waals surface area contributed by atoms with E-state index in [2.05, 4.69) is 17.1 Å². The van der Waals surface area contributed by atoms with Crippen molar-refractivity contribution in [2.24, 2.45) is 11.8 Å². The Morgan fingerprint density at radius 1 is 1.30 bits per heavy atom. The number of nitrogens with one attached hydrogen (secondary N) is 1. The summed E-state index contributed by atoms with van der Waals surface area (Å²) in [7, 11) is 0. The van der Waals surface area contributed by atoms with Crippen molar-refractivity contribution in [1.82, 2.24) is 15.1 Å². The van der Waals surface area contributed by atoms with Crippen molar-refractivity contribution in [3.8, 4) is 0 Å². The van der Waals surface area contributed by atoms with Crippen LogP contribution in [-0.2, 0) is 27.3 Å². The molecule has 2 amide bonds. The van der Waals surface area contributed by atoms with Gasteiger partial charge in [-0.3, -0.25) is 14.7 Å². The second kappa shape index (κ2) is 6.04. The summed E-state index contributed by atoms with van der Waals surface area (Å²) in [5, 5.41) is 7.10. The molecule has 1 spiro atoms. The van der Waals surface area contributed by atoms with E-state index in [1.165, 1.54) is 5.56 Å². The first-order valence-corrected chi connectivity index (χ1v) is 10.5. The Hall–Kier alpha value is -2.93. The van der Waals surface area contributed by atoms with Crippen LogP contribution >= 0.6 is 0 Å².